The standard InChI is InChI=1S/C19H21FN2O2/c1-13-9-16(5-7-21-13)19(24)22-8-6-15(18(23)12-22)10-14-3-2-4-17(20)11-14/h2-5,7,9,11,15,18,23H,6,8,10,12H2,1H3/t15-,18-/m1/s1. The Kier molecular flexibility index (Phi) is 4.90. The van der Waals surface area contributed by atoms with Crippen molar-refractivity contribution in [2.24, 2.45) is 5.92 Å². The summed E-state index contributed by atoms with van der Waals surface area (Å²) in [6.07, 6.45) is 2.34. The molecule has 0 radical (unpaired) electrons. The molecule has 2 aromatic rings. The summed E-state index contributed by atoms with van der Waals surface area (Å²) in [6, 6.07) is 9.92. The van der Waals surface area contributed by atoms with Crippen molar-refractivity contribution in [2.45, 2.75) is 25.9 Å². The molecule has 2 atom stereocenters. The topological polar surface area (TPSA) is 53.4 Å². The van der Waals surface area contributed by atoms with Crippen LogP contribution in [-0.4, -0.2) is 40.1 Å². The van der Waals surface area contributed by atoms with Gasteiger partial charge in [-0.05, 0) is 55.5 Å². The van der Waals surface area contributed by atoms with Gasteiger partial charge in [0.25, 0.3) is 5.91 Å². The average Bonchev–Trinajstić information content (AvgIpc) is 2.56. The maximum atomic E-state index is 13.3. The molecule has 24 heavy (non-hydrogen) atoms. The zero-order valence-corrected chi connectivity index (χ0v) is 13.7. The number of hydrogen-bond acceptors (Lipinski definition) is 3. The van der Waals surface area contributed by atoms with E-state index in [4.69, 9.17) is 0 Å². The van der Waals surface area contributed by atoms with Crippen LogP contribution < -0.4 is 0 Å². The minimum Gasteiger partial charge on any atom is -0.391 e. The molecule has 1 aromatic heterocycles. The molecule has 0 spiro atoms. The van der Waals surface area contributed by atoms with Crippen molar-refractivity contribution in [3.63, 3.8) is 0 Å². The monoisotopic (exact) mass is 328 g/mol. The van der Waals surface area contributed by atoms with Gasteiger partial charge in [0.05, 0.1) is 6.10 Å². The number of aryl methyl sites for hydroxylation is 1. The zero-order valence-electron chi connectivity index (χ0n) is 13.7. The quantitative estimate of drug-likeness (QED) is 0.942. The number of aliphatic hydroxyl groups is 1. The van der Waals surface area contributed by atoms with E-state index < -0.39 is 6.10 Å². The lowest BCUT2D eigenvalue weighted by atomic mass is 9.87. The molecule has 1 saturated heterocycles. The Morgan fingerprint density at radius 2 is 2.21 bits per heavy atom. The van der Waals surface area contributed by atoms with Crippen LogP contribution in [0.2, 0.25) is 0 Å². The number of benzene rings is 1. The molecule has 4 nitrogen and oxygen atoms in total. The van der Waals surface area contributed by atoms with E-state index in [1.165, 1.54) is 12.1 Å². The lowest BCUT2D eigenvalue weighted by Gasteiger charge is -2.36. The second kappa shape index (κ2) is 7.09. The fourth-order valence-electron chi connectivity index (χ4n) is 3.23. The number of pyridine rings is 1. The highest BCUT2D eigenvalue weighted by molar-refractivity contribution is 5.94. The van der Waals surface area contributed by atoms with Crippen LogP contribution in [0.15, 0.2) is 42.6 Å². The molecular formula is C19H21FN2O2. The van der Waals surface area contributed by atoms with Crippen LogP contribution in [0.4, 0.5) is 4.39 Å². The van der Waals surface area contributed by atoms with E-state index in [1.807, 2.05) is 13.0 Å². The van der Waals surface area contributed by atoms with Crippen LogP contribution >= 0.6 is 0 Å². The number of aromatic nitrogens is 1. The van der Waals surface area contributed by atoms with Gasteiger partial charge in [0.1, 0.15) is 5.82 Å². The number of amides is 1. The minimum absolute atomic E-state index is 0.0371. The van der Waals surface area contributed by atoms with Gasteiger partial charge < -0.3 is 10.0 Å². The first-order valence-electron chi connectivity index (χ1n) is 8.17. The van der Waals surface area contributed by atoms with E-state index in [0.717, 1.165) is 11.3 Å². The normalized spacial score (nSPS) is 20.9. The van der Waals surface area contributed by atoms with Gasteiger partial charge in [-0.3, -0.25) is 9.78 Å². The van der Waals surface area contributed by atoms with Gasteiger partial charge in [-0.2, -0.15) is 0 Å². The van der Waals surface area contributed by atoms with E-state index >= 15 is 0 Å². The lowest BCUT2D eigenvalue weighted by molar-refractivity contribution is 0.0198. The van der Waals surface area contributed by atoms with Crippen LogP contribution in [-0.2, 0) is 6.42 Å². The molecule has 0 aliphatic carbocycles. The van der Waals surface area contributed by atoms with Crippen molar-refractivity contribution in [3.05, 3.63) is 65.2 Å². The highest BCUT2D eigenvalue weighted by Gasteiger charge is 2.30. The Bertz CT molecular complexity index is 735. The maximum absolute atomic E-state index is 13.3. The third-order valence-corrected chi connectivity index (χ3v) is 4.54. The minimum atomic E-state index is -0.603. The van der Waals surface area contributed by atoms with Gasteiger partial charge in [0.15, 0.2) is 0 Å². The molecular weight excluding hydrogens is 307 g/mol. The van der Waals surface area contributed by atoms with Crippen molar-refractivity contribution in [1.82, 2.24) is 9.88 Å². The Balaban J connectivity index is 1.63. The number of piperidine rings is 1. The average molecular weight is 328 g/mol. The van der Waals surface area contributed by atoms with Gasteiger partial charge in [-0.15, -0.1) is 0 Å². The first-order valence-corrected chi connectivity index (χ1v) is 8.17. The van der Waals surface area contributed by atoms with Crippen LogP contribution in [0, 0.1) is 18.7 Å². The summed E-state index contributed by atoms with van der Waals surface area (Å²) in [7, 11) is 0. The van der Waals surface area contributed by atoms with Gasteiger partial charge in [0.2, 0.25) is 0 Å². The van der Waals surface area contributed by atoms with E-state index in [9.17, 15) is 14.3 Å². The molecule has 1 aliphatic heterocycles. The summed E-state index contributed by atoms with van der Waals surface area (Å²) in [6.45, 7) is 2.74. The molecule has 1 fully saturated rings. The van der Waals surface area contributed by atoms with Crippen molar-refractivity contribution in [1.29, 1.82) is 0 Å². The Hall–Kier alpha value is -2.27. The predicted octanol–water partition coefficient (Wildman–Crippen LogP) is 2.59. The highest BCUT2D eigenvalue weighted by atomic mass is 19.1. The highest BCUT2D eigenvalue weighted by Crippen LogP contribution is 2.24. The van der Waals surface area contributed by atoms with Gasteiger partial charge in [0, 0.05) is 30.5 Å². The Morgan fingerprint density at radius 3 is 2.92 bits per heavy atom. The SMILES string of the molecule is Cc1cc(C(=O)N2CC[C@H](Cc3cccc(F)c3)[C@H](O)C2)ccn1. The summed E-state index contributed by atoms with van der Waals surface area (Å²) in [4.78, 5) is 18.3. The van der Waals surface area contributed by atoms with E-state index in [2.05, 4.69) is 4.98 Å². The van der Waals surface area contributed by atoms with E-state index in [0.29, 0.717) is 31.5 Å². The number of halogens is 1. The molecule has 1 aromatic carbocycles. The van der Waals surface area contributed by atoms with Crippen LogP contribution in [0.3, 0.4) is 0 Å². The third kappa shape index (κ3) is 3.79. The number of rotatable bonds is 3. The molecule has 3 rings (SSSR count). The lowest BCUT2D eigenvalue weighted by Crippen LogP contribution is -2.47. The number of carbonyl (C=O) groups is 1. The molecule has 126 valence electrons. The molecule has 1 amide bonds. The molecule has 1 aliphatic rings. The van der Waals surface area contributed by atoms with Crippen LogP contribution in [0.1, 0.15) is 28.0 Å². The van der Waals surface area contributed by atoms with Crippen molar-refractivity contribution < 1.29 is 14.3 Å². The smallest absolute Gasteiger partial charge is 0.254 e. The number of nitrogens with zero attached hydrogens (tertiary/aromatic N) is 2. The number of carbonyl (C=O) groups excluding carboxylic acids is 1. The van der Waals surface area contributed by atoms with E-state index in [1.54, 1.807) is 29.3 Å². The molecule has 0 bridgehead atoms. The molecule has 2 heterocycles. The molecule has 5 heteroatoms. The van der Waals surface area contributed by atoms with Gasteiger partial charge in [-0.1, -0.05) is 12.1 Å². The zero-order chi connectivity index (χ0) is 17.1. The molecule has 0 saturated carbocycles. The fourth-order valence-corrected chi connectivity index (χ4v) is 3.23. The largest absolute Gasteiger partial charge is 0.391 e. The predicted molar refractivity (Wildman–Crippen MR) is 89.1 cm³/mol. The Labute approximate surface area is 141 Å². The third-order valence-electron chi connectivity index (χ3n) is 4.54. The van der Waals surface area contributed by atoms with Crippen LogP contribution in [0.5, 0.6) is 0 Å². The second-order valence-electron chi connectivity index (χ2n) is 6.39. The summed E-state index contributed by atoms with van der Waals surface area (Å²) in [5.41, 5.74) is 2.27. The number of hydrogen-bond donors (Lipinski definition) is 1. The van der Waals surface area contributed by atoms with E-state index in [-0.39, 0.29) is 17.6 Å². The van der Waals surface area contributed by atoms with Crippen LogP contribution in [0.25, 0.3) is 0 Å². The van der Waals surface area contributed by atoms with Gasteiger partial charge >= 0.3 is 0 Å². The second-order valence-corrected chi connectivity index (χ2v) is 6.39. The maximum Gasteiger partial charge on any atom is 0.254 e. The number of β-amino-alcohol motifs (C(OH)–C–C–N with tert-alkyl or cyclic N) is 1. The fraction of sp³-hybridized carbons (Fsp3) is 0.368. The molecule has 0 unspecified atom stereocenters. The summed E-state index contributed by atoms with van der Waals surface area (Å²) in [5.74, 6) is -0.304. The van der Waals surface area contributed by atoms with Crippen molar-refractivity contribution >= 4 is 5.91 Å². The van der Waals surface area contributed by atoms with Gasteiger partial charge in [-0.25, -0.2) is 4.39 Å². The molecule has 1 N–H and O–H groups in total. The van der Waals surface area contributed by atoms with Crippen molar-refractivity contribution in [2.75, 3.05) is 13.1 Å². The number of likely N-dealkylation sites (tertiary alicyclic amines) is 1. The first-order chi connectivity index (χ1) is 11.5. The number of aliphatic hydroxyl groups excluding tert-OH is 1. The van der Waals surface area contributed by atoms with Crippen molar-refractivity contribution in [3.8, 4) is 0 Å². The Morgan fingerprint density at radius 1 is 1.38 bits per heavy atom. The summed E-state index contributed by atoms with van der Waals surface area (Å²) in [5, 5.41) is 10.4. The summed E-state index contributed by atoms with van der Waals surface area (Å²) >= 11 is 0. The first kappa shape index (κ1) is 16.6. The summed E-state index contributed by atoms with van der Waals surface area (Å²) < 4.78 is 13.3.